The highest BCUT2D eigenvalue weighted by Gasteiger charge is 2.69. The second-order valence-corrected chi connectivity index (χ2v) is 17.6. The summed E-state index contributed by atoms with van der Waals surface area (Å²) in [7, 11) is 7.45. The van der Waals surface area contributed by atoms with Crippen molar-refractivity contribution in [3.05, 3.63) is 141 Å². The molecule has 17 nitrogen and oxygen atoms in total. The van der Waals surface area contributed by atoms with Crippen LogP contribution >= 0.6 is 39.1 Å². The van der Waals surface area contributed by atoms with Crippen molar-refractivity contribution >= 4 is 67.7 Å². The first-order valence-electron chi connectivity index (χ1n) is 20.2. The van der Waals surface area contributed by atoms with Crippen LogP contribution in [0.2, 0.25) is 10.0 Å². The number of aromatic hydroxyl groups is 1. The molecule has 4 aromatic carbocycles. The number of hydrogen-bond acceptors (Lipinski definition) is 12. The first-order chi connectivity index (χ1) is 31.2. The number of imide groups is 1. The molecule has 2 aromatic heterocycles. The molecular formula is C45H40BrCl2N7O10. The molecule has 2 aliphatic heterocycles. The Kier molecular flexibility index (Phi) is 11.1. The zero-order valence-electron chi connectivity index (χ0n) is 35.4. The van der Waals surface area contributed by atoms with E-state index in [2.05, 4.69) is 26.3 Å². The summed E-state index contributed by atoms with van der Waals surface area (Å²) >= 11 is 16.3. The van der Waals surface area contributed by atoms with Crippen molar-refractivity contribution in [2.45, 2.75) is 43.3 Å². The van der Waals surface area contributed by atoms with E-state index in [0.717, 1.165) is 9.58 Å². The lowest BCUT2D eigenvalue weighted by atomic mass is 9.53. The fourth-order valence-electron chi connectivity index (χ4n) is 9.75. The molecule has 0 radical (unpaired) electrons. The normalized spacial score (nSPS) is 20.0. The van der Waals surface area contributed by atoms with Crippen molar-refractivity contribution in [2.24, 2.45) is 13.0 Å². The number of phenolic OH excluding ortho intramolecular Hbond substituents is 1. The van der Waals surface area contributed by atoms with Crippen LogP contribution in [0.3, 0.4) is 0 Å². The highest BCUT2D eigenvalue weighted by atomic mass is 79.9. The number of ether oxygens (including phenoxy) is 4. The summed E-state index contributed by atoms with van der Waals surface area (Å²) in [5.41, 5.74) is 1.77. The molecule has 0 spiro atoms. The van der Waals surface area contributed by atoms with Crippen LogP contribution in [0, 0.1) is 5.92 Å². The average molecular weight is 990 g/mol. The standard InChI is InChI=1S/C45H40BrCl2N7O10/c1-51-34-21-36(64-4)35(63-3)20-32(34)49-31(41(51)58)13-14-52-43(60)53-15-12-26-33(55(53)44(52)61)19-28-40(57)54(50-30-11-8-24(47)18-29(30)48)42(59)45(28,22-6-9-25(62-2)10-7-22)38(26)27-16-23(46)17-37(65-5)39(27)56/h6-12,16-18,20-21,28,33,38,50,56H,13-15,19H2,1-5H3/t28-,33+,38+,45+/m0/s1. The van der Waals surface area contributed by atoms with Gasteiger partial charge in [0, 0.05) is 53.1 Å². The molecule has 1 aliphatic carbocycles. The maximum absolute atomic E-state index is 15.6. The second kappa shape index (κ2) is 16.5. The fourth-order valence-corrected chi connectivity index (χ4v) is 10.7. The molecule has 0 bridgehead atoms. The maximum Gasteiger partial charge on any atom is 0.347 e. The topological polar surface area (TPSA) is 190 Å². The van der Waals surface area contributed by atoms with Crippen LogP contribution in [0.25, 0.3) is 11.0 Å². The van der Waals surface area contributed by atoms with Gasteiger partial charge in [0.1, 0.15) is 11.4 Å². The Bertz CT molecular complexity index is 3200. The number of carbonyl (C=O) groups excluding carboxylic acids is 2. The number of benzene rings is 4. The van der Waals surface area contributed by atoms with Crippen molar-refractivity contribution < 1.29 is 33.6 Å². The number of phenols is 1. The zero-order chi connectivity index (χ0) is 46.2. The first-order valence-corrected chi connectivity index (χ1v) is 21.8. The number of allylic oxidation sites excluding steroid dienone is 2. The second-order valence-electron chi connectivity index (χ2n) is 15.8. The summed E-state index contributed by atoms with van der Waals surface area (Å²) in [5, 5.41) is 13.4. The molecule has 6 aromatic rings. The van der Waals surface area contributed by atoms with Crippen LogP contribution in [0.4, 0.5) is 5.69 Å². The van der Waals surface area contributed by atoms with Crippen LogP contribution in [-0.4, -0.2) is 73.9 Å². The minimum absolute atomic E-state index is 0.0836. The summed E-state index contributed by atoms with van der Waals surface area (Å²) in [6.07, 6.45) is 1.55. The number of nitrogens with one attached hydrogen (secondary N) is 1. The van der Waals surface area contributed by atoms with E-state index < -0.39 is 52.0 Å². The number of hydrogen-bond donors (Lipinski definition) is 2. The summed E-state index contributed by atoms with van der Waals surface area (Å²) in [5.74, 6) is -2.58. The third-order valence-electron chi connectivity index (χ3n) is 12.7. The van der Waals surface area contributed by atoms with Crippen molar-refractivity contribution in [1.82, 2.24) is 28.5 Å². The van der Waals surface area contributed by atoms with Gasteiger partial charge in [0.2, 0.25) is 0 Å². The van der Waals surface area contributed by atoms with E-state index in [9.17, 15) is 19.5 Å². The summed E-state index contributed by atoms with van der Waals surface area (Å²) in [4.78, 5) is 78.1. The van der Waals surface area contributed by atoms with Crippen molar-refractivity contribution in [2.75, 3.05) is 33.9 Å². The number of aromatic nitrogens is 5. The third kappa shape index (κ3) is 6.71. The van der Waals surface area contributed by atoms with E-state index in [-0.39, 0.29) is 59.4 Å². The third-order valence-corrected chi connectivity index (χ3v) is 13.7. The van der Waals surface area contributed by atoms with Gasteiger partial charge >= 0.3 is 11.4 Å². The maximum atomic E-state index is 15.6. The quantitative estimate of drug-likeness (QED) is 0.119. The van der Waals surface area contributed by atoms with Crippen molar-refractivity contribution in [1.29, 1.82) is 0 Å². The Balaban J connectivity index is 1.20. The molecule has 65 heavy (non-hydrogen) atoms. The van der Waals surface area contributed by atoms with E-state index in [1.54, 1.807) is 67.7 Å². The van der Waals surface area contributed by atoms with Crippen molar-refractivity contribution in [3.8, 4) is 28.7 Å². The highest BCUT2D eigenvalue weighted by Crippen LogP contribution is 2.63. The number of methoxy groups -OCH3 is 4. The molecule has 9 rings (SSSR count). The molecule has 3 aliphatic rings. The molecule has 0 unspecified atom stereocenters. The Hall–Kier alpha value is -6.50. The summed E-state index contributed by atoms with van der Waals surface area (Å²) in [6, 6.07) is 16.8. The Morgan fingerprint density at radius 1 is 0.877 bits per heavy atom. The number of rotatable bonds is 11. The van der Waals surface area contributed by atoms with Gasteiger partial charge in [-0.05, 0) is 60.0 Å². The molecule has 4 heterocycles. The summed E-state index contributed by atoms with van der Waals surface area (Å²) in [6.45, 7) is -0.322. The lowest BCUT2D eigenvalue weighted by molar-refractivity contribution is -0.138. The van der Waals surface area contributed by atoms with Crippen LogP contribution in [0.1, 0.15) is 35.2 Å². The van der Waals surface area contributed by atoms with Gasteiger partial charge in [-0.25, -0.2) is 28.5 Å². The molecule has 336 valence electrons. The molecule has 1 saturated heterocycles. The molecule has 2 fully saturated rings. The van der Waals surface area contributed by atoms with E-state index in [1.807, 2.05) is 0 Å². The van der Waals surface area contributed by atoms with Gasteiger partial charge in [0.15, 0.2) is 23.0 Å². The van der Waals surface area contributed by atoms with Gasteiger partial charge in [-0.2, -0.15) is 5.01 Å². The molecular weight excluding hydrogens is 949 g/mol. The zero-order valence-corrected chi connectivity index (χ0v) is 38.5. The number of amides is 2. The predicted molar refractivity (Wildman–Crippen MR) is 244 cm³/mol. The van der Waals surface area contributed by atoms with E-state index in [0.29, 0.717) is 48.9 Å². The van der Waals surface area contributed by atoms with E-state index in [1.165, 1.54) is 54.5 Å². The van der Waals surface area contributed by atoms with Crippen molar-refractivity contribution in [3.63, 3.8) is 0 Å². The smallest absolute Gasteiger partial charge is 0.347 e. The molecule has 4 atom stereocenters. The van der Waals surface area contributed by atoms with Gasteiger partial charge in [0.25, 0.3) is 17.4 Å². The van der Waals surface area contributed by atoms with Gasteiger partial charge < -0.3 is 28.6 Å². The van der Waals surface area contributed by atoms with Gasteiger partial charge in [-0.3, -0.25) is 19.8 Å². The monoisotopic (exact) mass is 987 g/mol. The van der Waals surface area contributed by atoms with E-state index in [4.69, 9.17) is 42.1 Å². The van der Waals surface area contributed by atoms with Crippen LogP contribution in [-0.2, 0) is 41.6 Å². The van der Waals surface area contributed by atoms with E-state index >= 15 is 9.59 Å². The first kappa shape index (κ1) is 43.7. The largest absolute Gasteiger partial charge is 0.504 e. The fraction of sp³-hybridized carbons (Fsp3) is 0.289. The number of carbonyl (C=O) groups is 2. The minimum atomic E-state index is -1.77. The van der Waals surface area contributed by atoms with Gasteiger partial charge in [-0.15, -0.1) is 0 Å². The number of hydrazine groups is 1. The number of aryl methyl sites for hydroxylation is 2. The highest BCUT2D eigenvalue weighted by molar-refractivity contribution is 9.10. The molecule has 20 heteroatoms. The van der Waals surface area contributed by atoms with Crippen LogP contribution < -0.4 is 41.3 Å². The van der Waals surface area contributed by atoms with Crippen LogP contribution in [0.15, 0.2) is 97.2 Å². The number of halogens is 3. The Morgan fingerprint density at radius 2 is 1.58 bits per heavy atom. The van der Waals surface area contributed by atoms with Crippen LogP contribution in [0.5, 0.6) is 28.7 Å². The Labute approximate surface area is 388 Å². The average Bonchev–Trinajstić information content (AvgIpc) is 3.67. The van der Waals surface area contributed by atoms with Gasteiger partial charge in [-0.1, -0.05) is 57.3 Å². The Morgan fingerprint density at radius 3 is 2.26 bits per heavy atom. The minimum Gasteiger partial charge on any atom is -0.504 e. The molecule has 2 amide bonds. The lowest BCUT2D eigenvalue weighted by Crippen LogP contribution is -2.53. The van der Waals surface area contributed by atoms with Gasteiger partial charge in [0.05, 0.1) is 74.1 Å². The predicted octanol–water partition coefficient (Wildman–Crippen LogP) is 5.73. The SMILES string of the molecule is COc1ccc([C@@]23C(=O)N(Nc4ccc(Cl)cc4Cl)C(=O)[C@@H]2C[C@@H]2C(=CCn4c(=O)n(CCc5nc6cc(OC)c(OC)cc6n(C)c5=O)c(=O)n42)[C@@H]3c2cc(Br)cc(OC)c2O)cc1. The molecule has 2 N–H and O–H groups in total. The number of fused-ring (bicyclic) bond motifs is 5. The number of nitrogens with zero attached hydrogens (tertiary/aromatic N) is 6. The molecule has 1 saturated carbocycles. The number of anilines is 1. The summed E-state index contributed by atoms with van der Waals surface area (Å²) < 4.78 is 27.5. The lowest BCUT2D eigenvalue weighted by Gasteiger charge is -2.49.